The SMILES string of the molecule is FC(F)(F)c1ccn(C2CCCN(CCCc3ccncc3)C2)n1. The van der Waals surface area contributed by atoms with Gasteiger partial charge in [-0.25, -0.2) is 0 Å². The minimum absolute atomic E-state index is 0.0239. The van der Waals surface area contributed by atoms with E-state index >= 15 is 0 Å². The van der Waals surface area contributed by atoms with Crippen molar-refractivity contribution in [1.82, 2.24) is 19.7 Å². The average molecular weight is 338 g/mol. The van der Waals surface area contributed by atoms with E-state index in [1.807, 2.05) is 12.1 Å². The lowest BCUT2D eigenvalue weighted by Crippen LogP contribution is -2.37. The molecule has 0 N–H and O–H groups in total. The Kier molecular flexibility index (Phi) is 5.18. The van der Waals surface area contributed by atoms with Crippen molar-refractivity contribution in [2.45, 2.75) is 37.9 Å². The molecule has 1 aliphatic rings. The molecule has 0 aromatic carbocycles. The molecule has 1 unspecified atom stereocenters. The summed E-state index contributed by atoms with van der Waals surface area (Å²) >= 11 is 0. The van der Waals surface area contributed by atoms with Crippen LogP contribution in [0.4, 0.5) is 13.2 Å². The molecule has 2 aromatic heterocycles. The van der Waals surface area contributed by atoms with Gasteiger partial charge in [-0.3, -0.25) is 9.67 Å². The standard InChI is InChI=1S/C17H21F3N4/c18-17(19,20)16-7-12-24(22-16)15-4-2-11-23(13-15)10-1-3-14-5-8-21-9-6-14/h5-9,12,15H,1-4,10-11,13H2. The molecule has 0 bridgehead atoms. The zero-order valence-corrected chi connectivity index (χ0v) is 13.4. The number of pyridine rings is 1. The maximum atomic E-state index is 12.7. The van der Waals surface area contributed by atoms with E-state index in [1.165, 1.54) is 16.4 Å². The fourth-order valence-electron chi connectivity index (χ4n) is 3.20. The van der Waals surface area contributed by atoms with Gasteiger partial charge in [0.2, 0.25) is 0 Å². The van der Waals surface area contributed by atoms with Crippen molar-refractivity contribution in [2.24, 2.45) is 0 Å². The highest BCUT2D eigenvalue weighted by molar-refractivity contribution is 5.09. The summed E-state index contributed by atoms with van der Waals surface area (Å²) < 4.78 is 39.5. The van der Waals surface area contributed by atoms with Gasteiger partial charge in [0, 0.05) is 25.1 Å². The maximum Gasteiger partial charge on any atom is 0.435 e. The van der Waals surface area contributed by atoms with E-state index in [1.54, 1.807) is 12.4 Å². The zero-order chi connectivity index (χ0) is 17.0. The zero-order valence-electron chi connectivity index (χ0n) is 13.4. The summed E-state index contributed by atoms with van der Waals surface area (Å²) in [6.07, 6.45) is 4.55. The number of hydrogen-bond donors (Lipinski definition) is 0. The van der Waals surface area contributed by atoms with Gasteiger partial charge in [0.05, 0.1) is 6.04 Å². The molecule has 3 rings (SSSR count). The lowest BCUT2D eigenvalue weighted by molar-refractivity contribution is -0.141. The molecular weight excluding hydrogens is 317 g/mol. The van der Waals surface area contributed by atoms with Crippen LogP contribution in [0.25, 0.3) is 0 Å². The largest absolute Gasteiger partial charge is 0.435 e. The van der Waals surface area contributed by atoms with Gasteiger partial charge in [0.15, 0.2) is 5.69 Å². The number of nitrogens with zero attached hydrogens (tertiary/aromatic N) is 4. The molecular formula is C17H21F3N4. The second-order valence-corrected chi connectivity index (χ2v) is 6.23. The van der Waals surface area contributed by atoms with E-state index in [-0.39, 0.29) is 6.04 Å². The number of halogens is 3. The molecule has 0 amide bonds. The molecule has 130 valence electrons. The molecule has 1 saturated heterocycles. The average Bonchev–Trinajstić information content (AvgIpc) is 3.07. The van der Waals surface area contributed by atoms with Crippen LogP contribution >= 0.6 is 0 Å². The highest BCUT2D eigenvalue weighted by atomic mass is 19.4. The molecule has 1 aliphatic heterocycles. The van der Waals surface area contributed by atoms with E-state index in [2.05, 4.69) is 15.0 Å². The fraction of sp³-hybridized carbons (Fsp3) is 0.529. The van der Waals surface area contributed by atoms with Crippen molar-refractivity contribution < 1.29 is 13.2 Å². The van der Waals surface area contributed by atoms with Gasteiger partial charge in [0.1, 0.15) is 0 Å². The van der Waals surface area contributed by atoms with Crippen LogP contribution < -0.4 is 0 Å². The first kappa shape index (κ1) is 17.0. The first-order chi connectivity index (χ1) is 11.5. The lowest BCUT2D eigenvalue weighted by Gasteiger charge is -2.32. The quantitative estimate of drug-likeness (QED) is 0.836. The van der Waals surface area contributed by atoms with Gasteiger partial charge in [-0.1, -0.05) is 0 Å². The molecule has 0 spiro atoms. The number of piperidine rings is 1. The Morgan fingerprint density at radius 3 is 2.67 bits per heavy atom. The van der Waals surface area contributed by atoms with Crippen LogP contribution in [0, 0.1) is 0 Å². The molecule has 0 radical (unpaired) electrons. The number of alkyl halides is 3. The van der Waals surface area contributed by atoms with E-state index in [0.717, 1.165) is 51.4 Å². The fourth-order valence-corrected chi connectivity index (χ4v) is 3.20. The van der Waals surface area contributed by atoms with Gasteiger partial charge in [-0.2, -0.15) is 18.3 Å². The molecule has 1 fully saturated rings. The van der Waals surface area contributed by atoms with Gasteiger partial charge < -0.3 is 4.90 Å². The van der Waals surface area contributed by atoms with E-state index < -0.39 is 11.9 Å². The summed E-state index contributed by atoms with van der Waals surface area (Å²) in [5, 5.41) is 3.73. The number of rotatable bonds is 5. The summed E-state index contributed by atoms with van der Waals surface area (Å²) in [5.74, 6) is 0. The predicted molar refractivity (Wildman–Crippen MR) is 84.5 cm³/mol. The Labute approximate surface area is 139 Å². The number of likely N-dealkylation sites (tertiary alicyclic amines) is 1. The van der Waals surface area contributed by atoms with E-state index in [0.29, 0.717) is 0 Å². The van der Waals surface area contributed by atoms with Gasteiger partial charge in [0.25, 0.3) is 0 Å². The summed E-state index contributed by atoms with van der Waals surface area (Å²) in [6, 6.07) is 5.11. The first-order valence-corrected chi connectivity index (χ1v) is 8.26. The number of hydrogen-bond acceptors (Lipinski definition) is 3. The second kappa shape index (κ2) is 7.34. The summed E-state index contributed by atoms with van der Waals surface area (Å²) in [7, 11) is 0. The summed E-state index contributed by atoms with van der Waals surface area (Å²) in [5.41, 5.74) is 0.456. The predicted octanol–water partition coefficient (Wildman–Crippen LogP) is 3.57. The molecule has 24 heavy (non-hydrogen) atoms. The van der Waals surface area contributed by atoms with Crippen molar-refractivity contribution in [3.63, 3.8) is 0 Å². The highest BCUT2D eigenvalue weighted by Gasteiger charge is 2.34. The lowest BCUT2D eigenvalue weighted by atomic mass is 10.0. The van der Waals surface area contributed by atoms with Crippen molar-refractivity contribution in [3.05, 3.63) is 48.0 Å². The van der Waals surface area contributed by atoms with Crippen molar-refractivity contribution in [1.29, 1.82) is 0 Å². The highest BCUT2D eigenvalue weighted by Crippen LogP contribution is 2.29. The van der Waals surface area contributed by atoms with Crippen LogP contribution in [0.3, 0.4) is 0 Å². The van der Waals surface area contributed by atoms with Crippen LogP contribution in [-0.2, 0) is 12.6 Å². The third kappa shape index (κ3) is 4.35. The topological polar surface area (TPSA) is 34.0 Å². The Morgan fingerprint density at radius 2 is 1.96 bits per heavy atom. The molecule has 7 heteroatoms. The van der Waals surface area contributed by atoms with Gasteiger partial charge in [-0.05, 0) is 62.5 Å². The Bertz CT molecular complexity index is 639. The normalized spacial score (nSPS) is 19.5. The smallest absolute Gasteiger partial charge is 0.301 e. The molecule has 1 atom stereocenters. The van der Waals surface area contributed by atoms with Gasteiger partial charge >= 0.3 is 6.18 Å². The van der Waals surface area contributed by atoms with Crippen LogP contribution in [-0.4, -0.2) is 39.3 Å². The number of aryl methyl sites for hydroxylation is 1. The molecule has 0 aliphatic carbocycles. The third-order valence-electron chi connectivity index (χ3n) is 4.44. The number of aromatic nitrogens is 3. The molecule has 0 saturated carbocycles. The van der Waals surface area contributed by atoms with Crippen molar-refractivity contribution >= 4 is 0 Å². The summed E-state index contributed by atoms with van der Waals surface area (Å²) in [4.78, 5) is 6.33. The van der Waals surface area contributed by atoms with Crippen molar-refractivity contribution in [2.75, 3.05) is 19.6 Å². The monoisotopic (exact) mass is 338 g/mol. The molecule has 2 aromatic rings. The van der Waals surface area contributed by atoms with E-state index in [4.69, 9.17) is 0 Å². The third-order valence-corrected chi connectivity index (χ3v) is 4.44. The minimum Gasteiger partial charge on any atom is -0.301 e. The first-order valence-electron chi connectivity index (χ1n) is 8.26. The molecule has 3 heterocycles. The maximum absolute atomic E-state index is 12.7. The minimum atomic E-state index is -4.37. The van der Waals surface area contributed by atoms with Crippen molar-refractivity contribution in [3.8, 4) is 0 Å². The molecule has 4 nitrogen and oxygen atoms in total. The van der Waals surface area contributed by atoms with Crippen LogP contribution in [0.15, 0.2) is 36.8 Å². The summed E-state index contributed by atoms with van der Waals surface area (Å²) in [6.45, 7) is 2.71. The van der Waals surface area contributed by atoms with Gasteiger partial charge in [-0.15, -0.1) is 0 Å². The van der Waals surface area contributed by atoms with Crippen LogP contribution in [0.2, 0.25) is 0 Å². The Hall–Kier alpha value is -1.89. The van der Waals surface area contributed by atoms with E-state index in [9.17, 15) is 13.2 Å². The Balaban J connectivity index is 1.52. The van der Waals surface area contributed by atoms with Crippen LogP contribution in [0.5, 0.6) is 0 Å². The second-order valence-electron chi connectivity index (χ2n) is 6.23. The van der Waals surface area contributed by atoms with Crippen LogP contribution in [0.1, 0.15) is 36.6 Å². The Morgan fingerprint density at radius 1 is 1.17 bits per heavy atom.